The molecule has 6 nitrogen and oxygen atoms in total. The van der Waals surface area contributed by atoms with Gasteiger partial charge in [-0.05, 0) is 20.2 Å². The smallest absolute Gasteiger partial charge is 0.434 e. The Morgan fingerprint density at radius 3 is 2.66 bits per heavy atom. The van der Waals surface area contributed by atoms with Gasteiger partial charge in [-0.2, -0.15) is 13.2 Å². The fraction of sp³-hybridized carbons (Fsp3) is 0.474. The molecule has 0 aliphatic rings. The average molecular weight is 430 g/mol. The molecule has 160 valence electrons. The number of aliphatic imine (C=N–C) groups is 1. The van der Waals surface area contributed by atoms with E-state index in [2.05, 4.69) is 20.6 Å². The third-order valence-corrected chi connectivity index (χ3v) is 4.82. The van der Waals surface area contributed by atoms with E-state index < -0.39 is 11.9 Å². The summed E-state index contributed by atoms with van der Waals surface area (Å²) in [6.07, 6.45) is -4.02. The molecule has 0 radical (unpaired) electrons. The number of guanidine groups is 1. The molecule has 0 fully saturated rings. The summed E-state index contributed by atoms with van der Waals surface area (Å²) in [5.41, 5.74) is 0.148. The molecule has 29 heavy (non-hydrogen) atoms. The highest BCUT2D eigenvalue weighted by atomic mass is 32.1. The molecule has 10 heteroatoms. The lowest BCUT2D eigenvalue weighted by molar-refractivity contribution is -0.140. The van der Waals surface area contributed by atoms with Gasteiger partial charge < -0.3 is 20.3 Å². The molecule has 2 aromatic rings. The second-order valence-corrected chi connectivity index (χ2v) is 7.43. The van der Waals surface area contributed by atoms with Gasteiger partial charge in [-0.3, -0.25) is 4.99 Å². The maximum atomic E-state index is 12.6. The molecule has 0 unspecified atom stereocenters. The molecule has 0 saturated heterocycles. The lowest BCUT2D eigenvalue weighted by Gasteiger charge is -2.16. The fourth-order valence-electron chi connectivity index (χ4n) is 2.37. The van der Waals surface area contributed by atoms with Crippen molar-refractivity contribution in [2.75, 3.05) is 40.8 Å². The van der Waals surface area contributed by atoms with E-state index in [1.165, 1.54) is 0 Å². The zero-order chi connectivity index (χ0) is 21.3. The third kappa shape index (κ3) is 7.90. The summed E-state index contributed by atoms with van der Waals surface area (Å²) in [6, 6.07) is 7.75. The molecule has 2 rings (SSSR count). The van der Waals surface area contributed by atoms with Crippen LogP contribution >= 0.6 is 11.3 Å². The minimum Gasteiger partial charge on any atom is -0.492 e. The van der Waals surface area contributed by atoms with Gasteiger partial charge in [-0.1, -0.05) is 18.2 Å². The number of benzene rings is 1. The van der Waals surface area contributed by atoms with Gasteiger partial charge in [0.05, 0.1) is 5.01 Å². The largest absolute Gasteiger partial charge is 0.492 e. The molecule has 1 aromatic heterocycles. The number of nitrogens with zero attached hydrogens (tertiary/aromatic N) is 3. The van der Waals surface area contributed by atoms with Crippen molar-refractivity contribution in [2.45, 2.75) is 19.1 Å². The normalized spacial score (nSPS) is 12.3. The number of thiazole rings is 1. The second-order valence-electron chi connectivity index (χ2n) is 6.49. The minimum atomic E-state index is -4.40. The van der Waals surface area contributed by atoms with Gasteiger partial charge in [-0.25, -0.2) is 4.98 Å². The van der Waals surface area contributed by atoms with Gasteiger partial charge in [0.2, 0.25) is 0 Å². The first-order valence-electron chi connectivity index (χ1n) is 9.11. The van der Waals surface area contributed by atoms with Crippen LogP contribution in [0.4, 0.5) is 13.2 Å². The quantitative estimate of drug-likeness (QED) is 0.474. The lowest BCUT2D eigenvalue weighted by atomic mass is 10.2. The number of alkyl halides is 3. The maximum absolute atomic E-state index is 12.6. The first-order chi connectivity index (χ1) is 13.8. The fourth-order valence-corrected chi connectivity index (χ4v) is 3.18. The van der Waals surface area contributed by atoms with E-state index >= 15 is 0 Å². The molecule has 0 spiro atoms. The van der Waals surface area contributed by atoms with Gasteiger partial charge in [0.15, 0.2) is 11.7 Å². The van der Waals surface area contributed by atoms with Crippen LogP contribution in [0.15, 0.2) is 34.6 Å². The molecule has 0 amide bonds. The SMILES string of the molecule is CN=C(NCCc1nc(C(F)(F)F)cs1)NCc1ccccc1OCCN(C)C. The number of likely N-dealkylation sites (N-methyl/N-ethyl adjacent to an activating group) is 1. The van der Waals surface area contributed by atoms with Crippen LogP contribution in [0.3, 0.4) is 0 Å². The second kappa shape index (κ2) is 11.0. The number of aromatic nitrogens is 1. The topological polar surface area (TPSA) is 61.8 Å². The summed E-state index contributed by atoms with van der Waals surface area (Å²) in [7, 11) is 5.62. The van der Waals surface area contributed by atoms with Gasteiger partial charge in [0.1, 0.15) is 12.4 Å². The first kappa shape index (κ1) is 23.0. The van der Waals surface area contributed by atoms with Gasteiger partial charge >= 0.3 is 6.18 Å². The Morgan fingerprint density at radius 2 is 2.00 bits per heavy atom. The standard InChI is InChI=1S/C19H26F3N5OS/c1-23-18(24-9-8-17-26-16(13-29-17)19(20,21)22)25-12-14-6-4-5-7-15(14)28-11-10-27(2)3/h4-7,13H,8-12H2,1-3H3,(H2,23,24,25). The molecule has 2 N–H and O–H groups in total. The van der Waals surface area contributed by atoms with Crippen LogP contribution in [0.25, 0.3) is 0 Å². The van der Waals surface area contributed by atoms with E-state index in [4.69, 9.17) is 4.74 Å². The Hall–Kier alpha value is -2.33. The highest BCUT2D eigenvalue weighted by Gasteiger charge is 2.33. The van der Waals surface area contributed by atoms with Gasteiger partial charge in [-0.15, -0.1) is 11.3 Å². The predicted octanol–water partition coefficient (Wildman–Crippen LogP) is 3.01. The van der Waals surface area contributed by atoms with E-state index in [1.807, 2.05) is 43.3 Å². The molecule has 0 saturated carbocycles. The Labute approximate surface area is 172 Å². The molecule has 0 bridgehead atoms. The first-order valence-corrected chi connectivity index (χ1v) is 9.99. The van der Waals surface area contributed by atoms with Crippen molar-refractivity contribution < 1.29 is 17.9 Å². The number of para-hydroxylation sites is 1. The van der Waals surface area contributed by atoms with Crippen molar-refractivity contribution in [3.63, 3.8) is 0 Å². The summed E-state index contributed by atoms with van der Waals surface area (Å²) in [6.45, 7) is 2.33. The summed E-state index contributed by atoms with van der Waals surface area (Å²) in [4.78, 5) is 9.82. The van der Waals surface area contributed by atoms with Crippen LogP contribution in [-0.2, 0) is 19.1 Å². The number of hydrogen-bond donors (Lipinski definition) is 2. The lowest BCUT2D eigenvalue weighted by Crippen LogP contribution is -2.38. The summed E-state index contributed by atoms with van der Waals surface area (Å²) >= 11 is 1.01. The van der Waals surface area contributed by atoms with Crippen molar-refractivity contribution in [1.29, 1.82) is 0 Å². The summed E-state index contributed by atoms with van der Waals surface area (Å²) in [5, 5.41) is 7.75. The van der Waals surface area contributed by atoms with Crippen molar-refractivity contribution >= 4 is 17.3 Å². The third-order valence-electron chi connectivity index (χ3n) is 3.91. The van der Waals surface area contributed by atoms with E-state index in [-0.39, 0.29) is 0 Å². The Kier molecular flexibility index (Phi) is 8.71. The molecular weight excluding hydrogens is 403 g/mol. The van der Waals surface area contributed by atoms with E-state index in [1.54, 1.807) is 7.05 Å². The van der Waals surface area contributed by atoms with Crippen molar-refractivity contribution in [2.24, 2.45) is 4.99 Å². The average Bonchev–Trinajstić information content (AvgIpc) is 3.14. The molecule has 1 heterocycles. The number of rotatable bonds is 9. The monoisotopic (exact) mass is 429 g/mol. The van der Waals surface area contributed by atoms with Crippen LogP contribution < -0.4 is 15.4 Å². The Morgan fingerprint density at radius 1 is 1.24 bits per heavy atom. The number of nitrogens with one attached hydrogen (secondary N) is 2. The maximum Gasteiger partial charge on any atom is 0.434 e. The van der Waals surface area contributed by atoms with Crippen molar-refractivity contribution in [1.82, 2.24) is 20.5 Å². The van der Waals surface area contributed by atoms with E-state index in [0.29, 0.717) is 37.1 Å². The Bertz CT molecular complexity index is 792. The predicted molar refractivity (Wildman–Crippen MR) is 110 cm³/mol. The van der Waals surface area contributed by atoms with Crippen LogP contribution in [0.5, 0.6) is 5.75 Å². The minimum absolute atomic E-state index is 0.381. The summed E-state index contributed by atoms with van der Waals surface area (Å²) < 4.78 is 43.7. The van der Waals surface area contributed by atoms with E-state index in [9.17, 15) is 13.2 Å². The van der Waals surface area contributed by atoms with Crippen molar-refractivity contribution in [3.8, 4) is 5.75 Å². The highest BCUT2D eigenvalue weighted by Crippen LogP contribution is 2.30. The Balaban J connectivity index is 1.81. The molecule has 0 aliphatic heterocycles. The van der Waals surface area contributed by atoms with Crippen LogP contribution in [0.2, 0.25) is 0 Å². The number of hydrogen-bond acceptors (Lipinski definition) is 5. The number of ether oxygens (including phenoxy) is 1. The van der Waals surface area contributed by atoms with Crippen molar-refractivity contribution in [3.05, 3.63) is 45.9 Å². The molecule has 0 atom stereocenters. The van der Waals surface area contributed by atoms with Crippen LogP contribution in [-0.4, -0.2) is 56.7 Å². The molecule has 0 aliphatic carbocycles. The summed E-state index contributed by atoms with van der Waals surface area (Å²) in [5.74, 6) is 1.36. The zero-order valence-electron chi connectivity index (χ0n) is 16.7. The van der Waals surface area contributed by atoms with Gasteiger partial charge in [0.25, 0.3) is 0 Å². The highest BCUT2D eigenvalue weighted by molar-refractivity contribution is 7.09. The van der Waals surface area contributed by atoms with E-state index in [0.717, 1.165) is 34.6 Å². The molecular formula is C19H26F3N5OS. The van der Waals surface area contributed by atoms with Crippen LogP contribution in [0, 0.1) is 0 Å². The number of halogens is 3. The zero-order valence-corrected chi connectivity index (χ0v) is 17.5. The van der Waals surface area contributed by atoms with Gasteiger partial charge in [0, 0.05) is 44.0 Å². The molecule has 1 aromatic carbocycles. The van der Waals surface area contributed by atoms with Crippen LogP contribution in [0.1, 0.15) is 16.3 Å².